The van der Waals surface area contributed by atoms with Crippen molar-refractivity contribution in [2.24, 2.45) is 5.92 Å². The number of piperidine rings is 1. The van der Waals surface area contributed by atoms with Crippen LogP contribution in [-0.2, 0) is 0 Å². The summed E-state index contributed by atoms with van der Waals surface area (Å²) in [7, 11) is 0. The second kappa shape index (κ2) is 5.87. The molecular weight excluding hydrogens is 244 g/mol. The van der Waals surface area contributed by atoms with Crippen molar-refractivity contribution in [3.8, 4) is 0 Å². The summed E-state index contributed by atoms with van der Waals surface area (Å²) in [6, 6.07) is 0.361. The van der Waals surface area contributed by atoms with Gasteiger partial charge in [0.25, 0.3) is 0 Å². The highest BCUT2D eigenvalue weighted by molar-refractivity contribution is 7.71. The maximum Gasteiger partial charge on any atom is 0.225 e. The Labute approximate surface area is 114 Å². The Morgan fingerprint density at radius 3 is 2.61 bits per heavy atom. The summed E-state index contributed by atoms with van der Waals surface area (Å²) in [5.74, 6) is 1.92. The van der Waals surface area contributed by atoms with E-state index in [4.69, 9.17) is 12.2 Å². The topological polar surface area (TPSA) is 36.9 Å². The second-order valence-electron chi connectivity index (χ2n) is 5.51. The van der Waals surface area contributed by atoms with Gasteiger partial charge in [0.05, 0.1) is 0 Å². The van der Waals surface area contributed by atoms with Crippen LogP contribution in [0.4, 0.5) is 5.95 Å². The Morgan fingerprint density at radius 2 is 2.06 bits per heavy atom. The molecule has 1 saturated heterocycles. The van der Waals surface area contributed by atoms with Crippen molar-refractivity contribution in [1.29, 1.82) is 0 Å². The van der Waals surface area contributed by atoms with Gasteiger partial charge in [0.1, 0.15) is 0 Å². The maximum absolute atomic E-state index is 5.30. The molecule has 2 rings (SSSR count). The van der Waals surface area contributed by atoms with Gasteiger partial charge < -0.3 is 4.90 Å². The van der Waals surface area contributed by atoms with E-state index in [1.165, 1.54) is 25.7 Å². The van der Waals surface area contributed by atoms with Crippen molar-refractivity contribution in [1.82, 2.24) is 14.8 Å². The molecule has 1 aliphatic heterocycles. The average Bonchev–Trinajstić information content (AvgIpc) is 2.73. The normalized spacial score (nSPS) is 17.7. The minimum atomic E-state index is 0.361. The highest BCUT2D eigenvalue weighted by atomic mass is 32.1. The molecule has 4 nitrogen and oxygen atoms in total. The van der Waals surface area contributed by atoms with E-state index in [1.807, 2.05) is 0 Å². The van der Waals surface area contributed by atoms with Crippen LogP contribution in [0.5, 0.6) is 0 Å². The Hall–Kier alpha value is -0.840. The molecule has 0 aliphatic carbocycles. The van der Waals surface area contributed by atoms with E-state index in [-0.39, 0.29) is 0 Å². The fourth-order valence-corrected chi connectivity index (χ4v) is 3.15. The summed E-state index contributed by atoms with van der Waals surface area (Å²) in [5.41, 5.74) is 0. The molecule has 1 aliphatic rings. The van der Waals surface area contributed by atoms with Gasteiger partial charge in [0.15, 0.2) is 4.77 Å². The molecule has 0 atom stereocenters. The van der Waals surface area contributed by atoms with Gasteiger partial charge in [-0.3, -0.25) is 4.57 Å². The molecule has 0 radical (unpaired) electrons. The molecule has 0 aromatic carbocycles. The Morgan fingerprint density at radius 1 is 1.39 bits per heavy atom. The third kappa shape index (κ3) is 2.76. The lowest BCUT2D eigenvalue weighted by atomic mass is 9.93. The molecule has 0 amide bonds. The first-order valence-electron chi connectivity index (χ1n) is 7.05. The standard InChI is InChI=1S/C13H24N4S/c1-4-5-11-6-8-16(9-7-11)12-14-15-13(18)17(12)10(2)3/h10-11H,4-9H2,1-3H3,(H,15,18). The minimum Gasteiger partial charge on any atom is -0.341 e. The van der Waals surface area contributed by atoms with Gasteiger partial charge in [-0.25, -0.2) is 5.10 Å². The predicted octanol–water partition coefficient (Wildman–Crippen LogP) is 3.54. The molecule has 102 valence electrons. The van der Waals surface area contributed by atoms with Crippen molar-refractivity contribution in [2.45, 2.75) is 52.5 Å². The molecule has 1 N–H and O–H groups in total. The van der Waals surface area contributed by atoms with Crippen LogP contribution in [0, 0.1) is 10.7 Å². The number of hydrogen-bond acceptors (Lipinski definition) is 3. The Bertz CT molecular complexity index is 426. The number of nitrogens with one attached hydrogen (secondary N) is 1. The first-order chi connectivity index (χ1) is 8.63. The summed E-state index contributed by atoms with van der Waals surface area (Å²) in [4.78, 5) is 2.37. The Balaban J connectivity index is 2.08. The average molecular weight is 268 g/mol. The van der Waals surface area contributed by atoms with Gasteiger partial charge in [-0.15, -0.1) is 5.10 Å². The number of aromatic nitrogens is 3. The summed E-state index contributed by atoms with van der Waals surface area (Å²) in [6.07, 6.45) is 5.23. The van der Waals surface area contributed by atoms with Gasteiger partial charge in [0.2, 0.25) is 5.95 Å². The van der Waals surface area contributed by atoms with Crippen molar-refractivity contribution in [2.75, 3.05) is 18.0 Å². The van der Waals surface area contributed by atoms with Gasteiger partial charge >= 0.3 is 0 Å². The van der Waals surface area contributed by atoms with E-state index in [0.717, 1.165) is 29.7 Å². The quantitative estimate of drug-likeness (QED) is 0.849. The second-order valence-corrected chi connectivity index (χ2v) is 5.90. The van der Waals surface area contributed by atoms with Crippen LogP contribution in [0.2, 0.25) is 0 Å². The zero-order valence-electron chi connectivity index (χ0n) is 11.6. The molecule has 2 heterocycles. The van der Waals surface area contributed by atoms with E-state index >= 15 is 0 Å². The van der Waals surface area contributed by atoms with Gasteiger partial charge in [-0.2, -0.15) is 0 Å². The highest BCUT2D eigenvalue weighted by Gasteiger charge is 2.22. The lowest BCUT2D eigenvalue weighted by Crippen LogP contribution is -2.35. The third-order valence-electron chi connectivity index (χ3n) is 3.80. The van der Waals surface area contributed by atoms with Crippen LogP contribution < -0.4 is 4.90 Å². The third-order valence-corrected chi connectivity index (χ3v) is 4.08. The van der Waals surface area contributed by atoms with Gasteiger partial charge in [0, 0.05) is 19.1 Å². The summed E-state index contributed by atoms with van der Waals surface area (Å²) < 4.78 is 2.85. The maximum atomic E-state index is 5.30. The minimum absolute atomic E-state index is 0.361. The molecule has 1 aromatic rings. The Kier molecular flexibility index (Phi) is 4.43. The van der Waals surface area contributed by atoms with E-state index in [9.17, 15) is 0 Å². The molecular formula is C13H24N4S. The van der Waals surface area contributed by atoms with Gasteiger partial charge in [-0.1, -0.05) is 19.8 Å². The summed E-state index contributed by atoms with van der Waals surface area (Å²) >= 11 is 5.30. The SMILES string of the molecule is CCCC1CCN(c2n[nH]c(=S)n2C(C)C)CC1. The summed E-state index contributed by atoms with van der Waals surface area (Å²) in [5, 5.41) is 7.33. The van der Waals surface area contributed by atoms with Crippen LogP contribution in [0.15, 0.2) is 0 Å². The molecule has 18 heavy (non-hydrogen) atoms. The zero-order valence-corrected chi connectivity index (χ0v) is 12.5. The lowest BCUT2D eigenvalue weighted by Gasteiger charge is -2.33. The number of rotatable bonds is 4. The van der Waals surface area contributed by atoms with Crippen molar-refractivity contribution in [3.05, 3.63) is 4.77 Å². The first kappa shape index (κ1) is 13.6. The van der Waals surface area contributed by atoms with E-state index in [1.54, 1.807) is 0 Å². The van der Waals surface area contributed by atoms with E-state index in [2.05, 4.69) is 40.4 Å². The van der Waals surface area contributed by atoms with Crippen LogP contribution in [0.3, 0.4) is 0 Å². The fourth-order valence-electron chi connectivity index (χ4n) is 2.81. The lowest BCUT2D eigenvalue weighted by molar-refractivity contribution is 0.372. The molecule has 1 fully saturated rings. The summed E-state index contributed by atoms with van der Waals surface area (Å²) in [6.45, 7) is 8.79. The molecule has 0 saturated carbocycles. The largest absolute Gasteiger partial charge is 0.341 e. The van der Waals surface area contributed by atoms with Crippen molar-refractivity contribution < 1.29 is 0 Å². The predicted molar refractivity (Wildman–Crippen MR) is 77.6 cm³/mol. The first-order valence-corrected chi connectivity index (χ1v) is 7.46. The van der Waals surface area contributed by atoms with Crippen LogP contribution in [-0.4, -0.2) is 27.9 Å². The molecule has 0 unspecified atom stereocenters. The highest BCUT2D eigenvalue weighted by Crippen LogP contribution is 2.26. The van der Waals surface area contributed by atoms with E-state index in [0.29, 0.717) is 6.04 Å². The van der Waals surface area contributed by atoms with Crippen LogP contribution in [0.25, 0.3) is 0 Å². The molecule has 0 bridgehead atoms. The van der Waals surface area contributed by atoms with Gasteiger partial charge in [-0.05, 0) is 44.8 Å². The van der Waals surface area contributed by atoms with Crippen LogP contribution >= 0.6 is 12.2 Å². The number of H-pyrrole nitrogens is 1. The number of hydrogen-bond donors (Lipinski definition) is 1. The molecule has 5 heteroatoms. The molecule has 1 aromatic heterocycles. The van der Waals surface area contributed by atoms with Crippen molar-refractivity contribution in [3.63, 3.8) is 0 Å². The van der Waals surface area contributed by atoms with Crippen molar-refractivity contribution >= 4 is 18.2 Å². The smallest absolute Gasteiger partial charge is 0.225 e. The molecule has 0 spiro atoms. The monoisotopic (exact) mass is 268 g/mol. The van der Waals surface area contributed by atoms with Crippen LogP contribution in [0.1, 0.15) is 52.5 Å². The van der Waals surface area contributed by atoms with E-state index < -0.39 is 0 Å². The fraction of sp³-hybridized carbons (Fsp3) is 0.846. The number of aromatic amines is 1. The number of nitrogens with zero attached hydrogens (tertiary/aromatic N) is 3. The zero-order chi connectivity index (χ0) is 13.1. The number of anilines is 1.